The average Bonchev–Trinajstić information content (AvgIpc) is 4.02. The summed E-state index contributed by atoms with van der Waals surface area (Å²) in [6.45, 7) is 0. The van der Waals surface area contributed by atoms with Crippen LogP contribution >= 0.6 is 0 Å². The van der Waals surface area contributed by atoms with Crippen LogP contribution in [0, 0.1) is 0 Å². The zero-order valence-corrected chi connectivity index (χ0v) is 35.2. The van der Waals surface area contributed by atoms with Crippen LogP contribution in [0.4, 0.5) is 34.1 Å². The molecule has 306 valence electrons. The fourth-order valence-corrected chi connectivity index (χ4v) is 9.84. The van der Waals surface area contributed by atoms with Crippen molar-refractivity contribution in [2.24, 2.45) is 0 Å². The molecule has 13 aromatic rings. The molecule has 0 radical (unpaired) electrons. The van der Waals surface area contributed by atoms with Crippen LogP contribution in [0.15, 0.2) is 241 Å². The Balaban J connectivity index is 0.949. The van der Waals surface area contributed by atoms with Crippen LogP contribution in [0.1, 0.15) is 0 Å². The number of fused-ring (bicyclic) bond motifs is 9. The third kappa shape index (κ3) is 5.99. The quantitative estimate of drug-likeness (QED) is 0.153. The maximum Gasteiger partial charge on any atom is 0.155 e. The lowest BCUT2D eigenvalue weighted by Crippen LogP contribution is -2.10. The summed E-state index contributed by atoms with van der Waals surface area (Å²) in [7, 11) is 0. The highest BCUT2D eigenvalue weighted by Crippen LogP contribution is 2.44. The Kier molecular flexibility index (Phi) is 8.42. The molecular weight excluding hydrogens is 795 g/mol. The van der Waals surface area contributed by atoms with Gasteiger partial charge in [-0.15, -0.1) is 0 Å². The fraction of sp³-hybridized carbons (Fsp3) is 0. The average molecular weight is 834 g/mol. The number of pyridine rings is 1. The van der Waals surface area contributed by atoms with Gasteiger partial charge in [0.25, 0.3) is 0 Å². The van der Waals surface area contributed by atoms with Gasteiger partial charge in [0.15, 0.2) is 5.58 Å². The van der Waals surface area contributed by atoms with Gasteiger partial charge in [0.1, 0.15) is 11.1 Å². The van der Waals surface area contributed by atoms with E-state index in [9.17, 15) is 0 Å². The molecule has 0 saturated carbocycles. The summed E-state index contributed by atoms with van der Waals surface area (Å²) in [5.41, 5.74) is 15.2. The molecule has 0 aliphatic heterocycles. The molecule has 0 atom stereocenters. The number of para-hydroxylation sites is 6. The van der Waals surface area contributed by atoms with Crippen molar-refractivity contribution in [1.82, 2.24) is 14.1 Å². The van der Waals surface area contributed by atoms with Gasteiger partial charge in [-0.25, -0.2) is 4.98 Å². The molecule has 13 rings (SSSR count). The van der Waals surface area contributed by atoms with Crippen molar-refractivity contribution in [3.8, 4) is 11.4 Å². The lowest BCUT2D eigenvalue weighted by Gasteiger charge is -2.25. The molecule has 65 heavy (non-hydrogen) atoms. The molecule has 0 N–H and O–H groups in total. The zero-order valence-electron chi connectivity index (χ0n) is 35.2. The van der Waals surface area contributed by atoms with Gasteiger partial charge in [0.2, 0.25) is 0 Å². The van der Waals surface area contributed by atoms with Crippen LogP contribution in [0.3, 0.4) is 0 Å². The Hall–Kier alpha value is -8.87. The number of nitrogens with zero attached hydrogens (tertiary/aromatic N) is 5. The molecular formula is C59H39N5O. The third-order valence-corrected chi connectivity index (χ3v) is 12.7. The Labute approximate surface area is 374 Å². The van der Waals surface area contributed by atoms with Gasteiger partial charge in [-0.3, -0.25) is 0 Å². The van der Waals surface area contributed by atoms with Crippen LogP contribution in [0.25, 0.3) is 77.1 Å². The Morgan fingerprint density at radius 2 is 0.708 bits per heavy atom. The topological polar surface area (TPSA) is 42.4 Å². The molecule has 4 heterocycles. The highest BCUT2D eigenvalue weighted by molar-refractivity contribution is 6.12. The standard InChI is InChI=1S/C59H39N5O/c1-5-17-40(18-6-1)61(44-29-32-50-48-25-13-15-27-53(48)63(55(50)35-44)42-21-9-3-10-22-42)46-31-34-52-57(37-46)65-58-38-47(39-60-59(52)58)62(41-19-7-2-8-20-41)45-30-33-51-49-26-14-16-28-54(49)64(56(51)36-45)43-23-11-4-12-24-43/h1-39H. The summed E-state index contributed by atoms with van der Waals surface area (Å²) in [6.07, 6.45) is 1.96. The second kappa shape index (κ2) is 14.9. The maximum absolute atomic E-state index is 6.83. The van der Waals surface area contributed by atoms with E-state index in [-0.39, 0.29) is 0 Å². The minimum absolute atomic E-state index is 0.718. The van der Waals surface area contributed by atoms with E-state index >= 15 is 0 Å². The lowest BCUT2D eigenvalue weighted by atomic mass is 10.1. The second-order valence-electron chi connectivity index (χ2n) is 16.4. The number of furan rings is 1. The first kappa shape index (κ1) is 36.8. The first-order valence-corrected chi connectivity index (χ1v) is 22.0. The van der Waals surface area contributed by atoms with Crippen molar-refractivity contribution >= 4 is 99.8 Å². The molecule has 0 saturated heterocycles. The van der Waals surface area contributed by atoms with Crippen molar-refractivity contribution in [2.75, 3.05) is 9.80 Å². The minimum atomic E-state index is 0.718. The smallest absolute Gasteiger partial charge is 0.155 e. The van der Waals surface area contributed by atoms with Crippen LogP contribution in [0.5, 0.6) is 0 Å². The zero-order chi connectivity index (χ0) is 42.8. The number of aromatic nitrogens is 3. The maximum atomic E-state index is 6.83. The van der Waals surface area contributed by atoms with Gasteiger partial charge in [0.05, 0.1) is 34.0 Å². The number of rotatable bonds is 8. The Morgan fingerprint density at radius 1 is 0.308 bits per heavy atom. The van der Waals surface area contributed by atoms with Gasteiger partial charge in [0, 0.05) is 78.9 Å². The van der Waals surface area contributed by atoms with E-state index < -0.39 is 0 Å². The molecule has 6 nitrogen and oxygen atoms in total. The van der Waals surface area contributed by atoms with Crippen LogP contribution < -0.4 is 9.80 Å². The normalized spacial score (nSPS) is 11.7. The molecule has 4 aromatic heterocycles. The highest BCUT2D eigenvalue weighted by Gasteiger charge is 2.22. The van der Waals surface area contributed by atoms with Gasteiger partial charge in [-0.2, -0.15) is 0 Å². The minimum Gasteiger partial charge on any atom is -0.454 e. The van der Waals surface area contributed by atoms with E-state index in [4.69, 9.17) is 9.40 Å². The molecule has 0 aliphatic rings. The van der Waals surface area contributed by atoms with E-state index in [1.54, 1.807) is 0 Å². The lowest BCUT2D eigenvalue weighted by molar-refractivity contribution is 0.668. The van der Waals surface area contributed by atoms with E-state index in [0.717, 1.165) is 78.6 Å². The molecule has 6 heteroatoms. The first-order valence-electron chi connectivity index (χ1n) is 22.0. The summed E-state index contributed by atoms with van der Waals surface area (Å²) in [6, 6.07) is 81.6. The summed E-state index contributed by atoms with van der Waals surface area (Å²) >= 11 is 0. The fourth-order valence-electron chi connectivity index (χ4n) is 9.84. The molecule has 0 unspecified atom stereocenters. The highest BCUT2D eigenvalue weighted by atomic mass is 16.3. The predicted molar refractivity (Wildman–Crippen MR) is 270 cm³/mol. The molecule has 0 amide bonds. The van der Waals surface area contributed by atoms with Crippen molar-refractivity contribution in [3.63, 3.8) is 0 Å². The van der Waals surface area contributed by atoms with Gasteiger partial charge in [-0.05, 0) is 97.1 Å². The van der Waals surface area contributed by atoms with E-state index in [2.05, 4.69) is 249 Å². The third-order valence-electron chi connectivity index (χ3n) is 12.7. The second-order valence-corrected chi connectivity index (χ2v) is 16.4. The largest absolute Gasteiger partial charge is 0.454 e. The number of anilines is 6. The van der Waals surface area contributed by atoms with E-state index in [0.29, 0.717) is 0 Å². The summed E-state index contributed by atoms with van der Waals surface area (Å²) in [5.74, 6) is 0. The van der Waals surface area contributed by atoms with Crippen LogP contribution in [-0.2, 0) is 0 Å². The van der Waals surface area contributed by atoms with Crippen molar-refractivity contribution in [3.05, 3.63) is 237 Å². The predicted octanol–water partition coefficient (Wildman–Crippen LogP) is 16.1. The van der Waals surface area contributed by atoms with Crippen LogP contribution in [0.2, 0.25) is 0 Å². The molecule has 9 aromatic carbocycles. The number of benzene rings is 9. The van der Waals surface area contributed by atoms with Gasteiger partial charge >= 0.3 is 0 Å². The Morgan fingerprint density at radius 3 is 1.23 bits per heavy atom. The van der Waals surface area contributed by atoms with Crippen molar-refractivity contribution in [2.45, 2.75) is 0 Å². The number of hydrogen-bond donors (Lipinski definition) is 0. The summed E-state index contributed by atoms with van der Waals surface area (Å²) < 4.78 is 11.5. The Bertz CT molecular complexity index is 3640. The van der Waals surface area contributed by atoms with E-state index in [1.807, 2.05) is 6.20 Å². The summed E-state index contributed by atoms with van der Waals surface area (Å²) in [5, 5.41) is 5.81. The SMILES string of the molecule is c1ccc(N(c2ccc3c(c2)oc2cc(N(c4ccccc4)c4ccc5c6ccccc6n(-c6ccccc6)c5c4)cnc23)c2ccc3c4ccccc4n(-c4ccccc4)c3c2)cc1. The van der Waals surface area contributed by atoms with E-state index in [1.165, 1.54) is 32.6 Å². The monoisotopic (exact) mass is 833 g/mol. The first-order chi connectivity index (χ1) is 32.2. The van der Waals surface area contributed by atoms with Gasteiger partial charge < -0.3 is 23.4 Å². The molecule has 0 spiro atoms. The molecule has 0 bridgehead atoms. The van der Waals surface area contributed by atoms with Crippen molar-refractivity contribution < 1.29 is 4.42 Å². The molecule has 0 aliphatic carbocycles. The number of hydrogen-bond acceptors (Lipinski definition) is 4. The van der Waals surface area contributed by atoms with Gasteiger partial charge in [-0.1, -0.05) is 121 Å². The molecule has 0 fully saturated rings. The van der Waals surface area contributed by atoms with Crippen molar-refractivity contribution in [1.29, 1.82) is 0 Å². The summed E-state index contributed by atoms with van der Waals surface area (Å²) in [4.78, 5) is 9.70. The van der Waals surface area contributed by atoms with Crippen LogP contribution in [-0.4, -0.2) is 14.1 Å².